The number of carbonyl (C=O) groups excluding carboxylic acids is 1. The standard InChI is InChI=1S/C14H16N2O/c1-10(16(2)3)14(17)12-8-9-15-13-7-5-4-6-11(12)13/h4-10H,1-3H3. The molecule has 2 aromatic rings. The van der Waals surface area contributed by atoms with E-state index >= 15 is 0 Å². The molecule has 1 aromatic carbocycles. The van der Waals surface area contributed by atoms with E-state index < -0.39 is 0 Å². The summed E-state index contributed by atoms with van der Waals surface area (Å²) in [7, 11) is 3.82. The molecular weight excluding hydrogens is 212 g/mol. The van der Waals surface area contributed by atoms with Crippen molar-refractivity contribution in [2.75, 3.05) is 14.1 Å². The molecule has 0 radical (unpaired) electrons. The van der Waals surface area contributed by atoms with Gasteiger partial charge in [0.2, 0.25) is 0 Å². The summed E-state index contributed by atoms with van der Waals surface area (Å²) < 4.78 is 0. The smallest absolute Gasteiger partial charge is 0.180 e. The third-order valence-corrected chi connectivity index (χ3v) is 3.07. The zero-order valence-corrected chi connectivity index (χ0v) is 10.3. The molecule has 0 aliphatic rings. The number of nitrogens with zero attached hydrogens (tertiary/aromatic N) is 2. The quantitative estimate of drug-likeness (QED) is 0.756. The summed E-state index contributed by atoms with van der Waals surface area (Å²) in [6, 6.07) is 9.40. The van der Waals surface area contributed by atoms with Crippen molar-refractivity contribution in [1.82, 2.24) is 9.88 Å². The van der Waals surface area contributed by atoms with E-state index in [0.717, 1.165) is 16.5 Å². The van der Waals surface area contributed by atoms with Crippen LogP contribution < -0.4 is 0 Å². The SMILES string of the molecule is CC(C(=O)c1ccnc2ccccc12)N(C)C. The minimum atomic E-state index is -0.124. The molecule has 0 amide bonds. The van der Waals surface area contributed by atoms with Crippen LogP contribution in [0.3, 0.4) is 0 Å². The molecule has 2 rings (SSSR count). The molecule has 88 valence electrons. The molecule has 0 spiro atoms. The number of fused-ring (bicyclic) bond motifs is 1. The predicted octanol–water partition coefficient (Wildman–Crippen LogP) is 2.37. The van der Waals surface area contributed by atoms with Crippen LogP contribution in [0, 0.1) is 0 Å². The zero-order valence-electron chi connectivity index (χ0n) is 10.3. The largest absolute Gasteiger partial charge is 0.300 e. The van der Waals surface area contributed by atoms with Gasteiger partial charge in [-0.3, -0.25) is 14.7 Å². The third-order valence-electron chi connectivity index (χ3n) is 3.07. The Bertz CT molecular complexity index is 543. The van der Waals surface area contributed by atoms with E-state index in [9.17, 15) is 4.79 Å². The fraction of sp³-hybridized carbons (Fsp3) is 0.286. The van der Waals surface area contributed by atoms with Gasteiger partial charge in [0.1, 0.15) is 0 Å². The second-order valence-corrected chi connectivity index (χ2v) is 4.38. The van der Waals surface area contributed by atoms with Gasteiger partial charge in [0.05, 0.1) is 11.6 Å². The van der Waals surface area contributed by atoms with Crippen LogP contribution in [0.5, 0.6) is 0 Å². The first-order chi connectivity index (χ1) is 8.11. The van der Waals surface area contributed by atoms with E-state index in [1.807, 2.05) is 50.2 Å². The number of carbonyl (C=O) groups is 1. The number of likely N-dealkylation sites (N-methyl/N-ethyl adjacent to an activating group) is 1. The maximum absolute atomic E-state index is 12.3. The van der Waals surface area contributed by atoms with Crippen LogP contribution >= 0.6 is 0 Å². The van der Waals surface area contributed by atoms with E-state index in [1.54, 1.807) is 12.3 Å². The molecule has 1 atom stereocenters. The van der Waals surface area contributed by atoms with Crippen LogP contribution in [0.4, 0.5) is 0 Å². The molecule has 0 saturated carbocycles. The first-order valence-electron chi connectivity index (χ1n) is 5.65. The average Bonchev–Trinajstić information content (AvgIpc) is 2.36. The fourth-order valence-electron chi connectivity index (χ4n) is 1.77. The van der Waals surface area contributed by atoms with E-state index in [4.69, 9.17) is 0 Å². The second kappa shape index (κ2) is 4.63. The highest BCUT2D eigenvalue weighted by Crippen LogP contribution is 2.18. The maximum Gasteiger partial charge on any atom is 0.180 e. The lowest BCUT2D eigenvalue weighted by Gasteiger charge is -2.18. The summed E-state index contributed by atoms with van der Waals surface area (Å²) in [6.45, 7) is 1.91. The van der Waals surface area contributed by atoms with Gasteiger partial charge in [-0.05, 0) is 33.2 Å². The number of hydrogen-bond acceptors (Lipinski definition) is 3. The summed E-state index contributed by atoms with van der Waals surface area (Å²) in [5.74, 6) is 0.133. The summed E-state index contributed by atoms with van der Waals surface area (Å²) in [6.07, 6.45) is 1.69. The van der Waals surface area contributed by atoms with Crippen LogP contribution in [-0.2, 0) is 0 Å². The van der Waals surface area contributed by atoms with Gasteiger partial charge in [-0.15, -0.1) is 0 Å². The molecule has 3 nitrogen and oxygen atoms in total. The van der Waals surface area contributed by atoms with Crippen molar-refractivity contribution in [3.63, 3.8) is 0 Å². The number of rotatable bonds is 3. The number of pyridine rings is 1. The van der Waals surface area contributed by atoms with E-state index in [-0.39, 0.29) is 11.8 Å². The van der Waals surface area contributed by atoms with Gasteiger partial charge >= 0.3 is 0 Å². The van der Waals surface area contributed by atoms with Crippen molar-refractivity contribution in [2.45, 2.75) is 13.0 Å². The van der Waals surface area contributed by atoms with Crippen molar-refractivity contribution in [1.29, 1.82) is 0 Å². The Morgan fingerprint density at radius 1 is 1.24 bits per heavy atom. The van der Waals surface area contributed by atoms with Gasteiger partial charge in [-0.25, -0.2) is 0 Å². The molecule has 17 heavy (non-hydrogen) atoms. The lowest BCUT2D eigenvalue weighted by Crippen LogP contribution is -2.32. The van der Waals surface area contributed by atoms with Crippen LogP contribution in [0.15, 0.2) is 36.5 Å². The van der Waals surface area contributed by atoms with Crippen LogP contribution in [0.25, 0.3) is 10.9 Å². The molecule has 0 bridgehead atoms. The molecule has 0 saturated heterocycles. The van der Waals surface area contributed by atoms with Gasteiger partial charge in [0, 0.05) is 17.1 Å². The molecule has 0 aliphatic carbocycles. The van der Waals surface area contributed by atoms with E-state index in [2.05, 4.69) is 4.98 Å². The fourth-order valence-corrected chi connectivity index (χ4v) is 1.77. The Kier molecular flexibility index (Phi) is 3.20. The molecule has 3 heteroatoms. The Balaban J connectivity index is 2.52. The van der Waals surface area contributed by atoms with Gasteiger partial charge in [0.25, 0.3) is 0 Å². The van der Waals surface area contributed by atoms with Gasteiger partial charge in [-0.2, -0.15) is 0 Å². The molecule has 1 aromatic heterocycles. The number of benzene rings is 1. The van der Waals surface area contributed by atoms with Crippen molar-refractivity contribution in [3.8, 4) is 0 Å². The van der Waals surface area contributed by atoms with Crippen LogP contribution in [0.2, 0.25) is 0 Å². The Hall–Kier alpha value is -1.74. The highest BCUT2D eigenvalue weighted by atomic mass is 16.1. The van der Waals surface area contributed by atoms with Crippen molar-refractivity contribution in [2.24, 2.45) is 0 Å². The molecule has 1 unspecified atom stereocenters. The predicted molar refractivity (Wildman–Crippen MR) is 69.2 cm³/mol. The van der Waals surface area contributed by atoms with E-state index in [1.165, 1.54) is 0 Å². The first kappa shape index (κ1) is 11.7. The number of hydrogen-bond donors (Lipinski definition) is 0. The van der Waals surface area contributed by atoms with Crippen molar-refractivity contribution < 1.29 is 4.79 Å². The number of ketones is 1. The number of Topliss-reactive ketones (excluding diaryl/α,β-unsaturated/α-hetero) is 1. The Labute approximate surface area is 101 Å². The van der Waals surface area contributed by atoms with E-state index in [0.29, 0.717) is 0 Å². The summed E-state index contributed by atoms with van der Waals surface area (Å²) in [4.78, 5) is 18.5. The lowest BCUT2D eigenvalue weighted by atomic mass is 10.0. The Morgan fingerprint density at radius 2 is 1.94 bits per heavy atom. The van der Waals surface area contributed by atoms with Crippen molar-refractivity contribution in [3.05, 3.63) is 42.1 Å². The first-order valence-corrected chi connectivity index (χ1v) is 5.65. The third kappa shape index (κ3) is 2.19. The molecule has 0 fully saturated rings. The minimum absolute atomic E-state index is 0.124. The minimum Gasteiger partial charge on any atom is -0.300 e. The summed E-state index contributed by atoms with van der Waals surface area (Å²) in [5.41, 5.74) is 1.61. The summed E-state index contributed by atoms with van der Waals surface area (Å²) in [5, 5.41) is 0.925. The highest BCUT2D eigenvalue weighted by Gasteiger charge is 2.18. The van der Waals surface area contributed by atoms with Gasteiger partial charge < -0.3 is 0 Å². The second-order valence-electron chi connectivity index (χ2n) is 4.38. The Morgan fingerprint density at radius 3 is 2.65 bits per heavy atom. The number of para-hydroxylation sites is 1. The van der Waals surface area contributed by atoms with Gasteiger partial charge in [-0.1, -0.05) is 18.2 Å². The maximum atomic E-state index is 12.3. The number of aromatic nitrogens is 1. The molecule has 0 N–H and O–H groups in total. The molecule has 0 aliphatic heterocycles. The summed E-state index contributed by atoms with van der Waals surface area (Å²) >= 11 is 0. The topological polar surface area (TPSA) is 33.2 Å². The van der Waals surface area contributed by atoms with Crippen LogP contribution in [0.1, 0.15) is 17.3 Å². The monoisotopic (exact) mass is 228 g/mol. The lowest BCUT2D eigenvalue weighted by molar-refractivity contribution is 0.0892. The van der Waals surface area contributed by atoms with Gasteiger partial charge in [0.15, 0.2) is 5.78 Å². The molecular formula is C14H16N2O. The molecule has 1 heterocycles. The zero-order chi connectivity index (χ0) is 12.4. The van der Waals surface area contributed by atoms with Crippen molar-refractivity contribution >= 4 is 16.7 Å². The van der Waals surface area contributed by atoms with Crippen LogP contribution in [-0.4, -0.2) is 35.8 Å². The normalized spacial score (nSPS) is 12.9. The highest BCUT2D eigenvalue weighted by molar-refractivity contribution is 6.09. The average molecular weight is 228 g/mol.